The van der Waals surface area contributed by atoms with Crippen LogP contribution in [-0.4, -0.2) is 22.3 Å². The molecule has 0 aromatic heterocycles. The molecule has 4 aromatic carbocycles. The molecule has 0 spiro atoms. The van der Waals surface area contributed by atoms with Gasteiger partial charge in [0.05, 0.1) is 22.8 Å². The van der Waals surface area contributed by atoms with Crippen molar-refractivity contribution in [1.82, 2.24) is 4.90 Å². The second-order valence-corrected chi connectivity index (χ2v) is 9.28. The van der Waals surface area contributed by atoms with Gasteiger partial charge in [-0.25, -0.2) is 0 Å². The molecule has 7 heteroatoms. The molecule has 0 N–H and O–H groups in total. The quantitative estimate of drug-likeness (QED) is 0.185. The van der Waals surface area contributed by atoms with Crippen molar-refractivity contribution in [1.29, 1.82) is 0 Å². The van der Waals surface area contributed by atoms with Crippen molar-refractivity contribution < 1.29 is 14.5 Å². The van der Waals surface area contributed by atoms with Crippen molar-refractivity contribution in [2.24, 2.45) is 0 Å². The summed E-state index contributed by atoms with van der Waals surface area (Å²) in [5.41, 5.74) is 3.86. The molecular weight excluding hydrogens is 478 g/mol. The number of nitro benzene ring substituents is 1. The maximum absolute atomic E-state index is 14.0. The summed E-state index contributed by atoms with van der Waals surface area (Å²) in [7, 11) is 0. The summed E-state index contributed by atoms with van der Waals surface area (Å²) in [5, 5.41) is 11.6. The second kappa shape index (κ2) is 11.2. The Labute approximate surface area is 222 Å². The standard InChI is InChI=1S/C31H29N3O4/c1-2-19-38-27-16-13-25(14-17-27)30-32(21-23-9-5-3-6-10-23)29-18-15-26(34(36)37)20-28(29)31(35)33(30)22-24-11-7-4-8-12-24/h3-18,20,30H,2,19,21-22H2,1H3/t30-/m0/s1. The minimum Gasteiger partial charge on any atom is -0.494 e. The summed E-state index contributed by atoms with van der Waals surface area (Å²) in [6.07, 6.45) is 0.481. The molecule has 7 nitrogen and oxygen atoms in total. The predicted octanol–water partition coefficient (Wildman–Crippen LogP) is 6.75. The van der Waals surface area contributed by atoms with Gasteiger partial charge < -0.3 is 14.5 Å². The molecule has 0 saturated carbocycles. The molecule has 1 aliphatic heterocycles. The van der Waals surface area contributed by atoms with Gasteiger partial charge in [0.25, 0.3) is 11.6 Å². The first-order valence-corrected chi connectivity index (χ1v) is 12.7. The van der Waals surface area contributed by atoms with Crippen molar-refractivity contribution in [3.63, 3.8) is 0 Å². The van der Waals surface area contributed by atoms with Crippen LogP contribution in [0.5, 0.6) is 5.75 Å². The minimum absolute atomic E-state index is 0.104. The largest absolute Gasteiger partial charge is 0.494 e. The molecule has 0 bridgehead atoms. The van der Waals surface area contributed by atoms with Crippen LogP contribution in [0.3, 0.4) is 0 Å². The number of fused-ring (bicyclic) bond motifs is 1. The van der Waals surface area contributed by atoms with Crippen LogP contribution >= 0.6 is 0 Å². The molecule has 0 fully saturated rings. The molecule has 0 radical (unpaired) electrons. The van der Waals surface area contributed by atoms with Crippen LogP contribution in [0.4, 0.5) is 11.4 Å². The molecule has 1 amide bonds. The Bertz CT molecular complexity index is 1410. The van der Waals surface area contributed by atoms with Crippen molar-refractivity contribution in [3.8, 4) is 5.75 Å². The van der Waals surface area contributed by atoms with E-state index in [-0.39, 0.29) is 11.6 Å². The van der Waals surface area contributed by atoms with E-state index in [2.05, 4.69) is 11.8 Å². The fraction of sp³-hybridized carbons (Fsp3) is 0.194. The predicted molar refractivity (Wildman–Crippen MR) is 147 cm³/mol. The van der Waals surface area contributed by atoms with E-state index in [4.69, 9.17) is 4.74 Å². The van der Waals surface area contributed by atoms with Crippen LogP contribution < -0.4 is 9.64 Å². The van der Waals surface area contributed by atoms with Crippen LogP contribution in [0.15, 0.2) is 103 Å². The van der Waals surface area contributed by atoms with Crippen molar-refractivity contribution >= 4 is 17.3 Å². The first kappa shape index (κ1) is 25.0. The van der Waals surface area contributed by atoms with Gasteiger partial charge in [-0.1, -0.05) is 79.7 Å². The Morgan fingerprint density at radius 3 is 2.00 bits per heavy atom. The van der Waals surface area contributed by atoms with Crippen LogP contribution in [0.2, 0.25) is 0 Å². The summed E-state index contributed by atoms with van der Waals surface area (Å²) < 4.78 is 5.80. The number of nitro groups is 1. The normalized spacial score (nSPS) is 14.8. The third-order valence-electron chi connectivity index (χ3n) is 6.62. The van der Waals surface area contributed by atoms with E-state index < -0.39 is 11.1 Å². The SMILES string of the molecule is CCCOc1ccc([C@@H]2N(Cc3ccccc3)C(=O)c3cc([N+](=O)[O-])ccc3N2Cc2ccccc2)cc1. The number of hydrogen-bond donors (Lipinski definition) is 0. The third-order valence-corrected chi connectivity index (χ3v) is 6.62. The Balaban J connectivity index is 1.65. The molecule has 4 aromatic rings. The van der Waals surface area contributed by atoms with E-state index in [1.54, 1.807) is 11.0 Å². The highest BCUT2D eigenvalue weighted by atomic mass is 16.6. The van der Waals surface area contributed by atoms with Gasteiger partial charge in [0.1, 0.15) is 11.9 Å². The summed E-state index contributed by atoms with van der Waals surface area (Å²) in [6, 6.07) is 32.2. The zero-order valence-electron chi connectivity index (χ0n) is 21.2. The van der Waals surface area contributed by atoms with Gasteiger partial charge in [-0.15, -0.1) is 0 Å². The minimum atomic E-state index is -0.461. The average Bonchev–Trinajstić information content (AvgIpc) is 2.95. The van der Waals surface area contributed by atoms with Gasteiger partial charge in [0, 0.05) is 25.2 Å². The van der Waals surface area contributed by atoms with Gasteiger partial charge in [-0.2, -0.15) is 0 Å². The van der Waals surface area contributed by atoms with Crippen LogP contribution in [0.25, 0.3) is 0 Å². The zero-order valence-corrected chi connectivity index (χ0v) is 21.2. The lowest BCUT2D eigenvalue weighted by Gasteiger charge is -2.46. The van der Waals surface area contributed by atoms with Gasteiger partial charge in [0.15, 0.2) is 0 Å². The summed E-state index contributed by atoms with van der Waals surface area (Å²) in [6.45, 7) is 3.56. The number of amides is 1. The molecule has 1 heterocycles. The van der Waals surface area contributed by atoms with Gasteiger partial charge in [0.2, 0.25) is 0 Å². The number of rotatable bonds is 9. The van der Waals surface area contributed by atoms with Crippen LogP contribution in [0.1, 0.15) is 46.6 Å². The zero-order chi connectivity index (χ0) is 26.5. The summed E-state index contributed by atoms with van der Waals surface area (Å²) in [5.74, 6) is 0.533. The van der Waals surface area contributed by atoms with Crippen LogP contribution in [0, 0.1) is 10.1 Å². The first-order chi connectivity index (χ1) is 18.5. The number of anilines is 1. The Hall–Kier alpha value is -4.65. The number of carbonyl (C=O) groups excluding carboxylic acids is 1. The van der Waals surface area contributed by atoms with Crippen LogP contribution in [-0.2, 0) is 13.1 Å². The molecule has 192 valence electrons. The highest BCUT2D eigenvalue weighted by Crippen LogP contribution is 2.42. The molecule has 1 aliphatic rings. The lowest BCUT2D eigenvalue weighted by atomic mass is 9.98. The van der Waals surface area contributed by atoms with Gasteiger partial charge >= 0.3 is 0 Å². The van der Waals surface area contributed by atoms with Crippen molar-refractivity contribution in [3.05, 3.63) is 135 Å². The highest BCUT2D eigenvalue weighted by Gasteiger charge is 2.39. The fourth-order valence-corrected chi connectivity index (χ4v) is 4.83. The fourth-order valence-electron chi connectivity index (χ4n) is 4.83. The van der Waals surface area contributed by atoms with E-state index >= 15 is 0 Å². The molecule has 1 atom stereocenters. The number of nitrogens with zero attached hydrogens (tertiary/aromatic N) is 3. The Kier molecular flexibility index (Phi) is 7.35. The van der Waals surface area contributed by atoms with E-state index in [9.17, 15) is 14.9 Å². The van der Waals surface area contributed by atoms with E-state index in [0.717, 1.165) is 28.9 Å². The van der Waals surface area contributed by atoms with E-state index in [1.165, 1.54) is 12.1 Å². The molecule has 0 saturated heterocycles. The van der Waals surface area contributed by atoms with E-state index in [1.807, 2.05) is 84.9 Å². The molecular formula is C31H29N3O4. The maximum Gasteiger partial charge on any atom is 0.270 e. The second-order valence-electron chi connectivity index (χ2n) is 9.28. The topological polar surface area (TPSA) is 75.9 Å². The first-order valence-electron chi connectivity index (χ1n) is 12.7. The summed E-state index contributed by atoms with van der Waals surface area (Å²) in [4.78, 5) is 29.1. The molecule has 38 heavy (non-hydrogen) atoms. The maximum atomic E-state index is 14.0. The average molecular weight is 508 g/mol. The number of carbonyl (C=O) groups is 1. The smallest absolute Gasteiger partial charge is 0.270 e. The Morgan fingerprint density at radius 2 is 1.42 bits per heavy atom. The van der Waals surface area contributed by atoms with Crippen molar-refractivity contribution in [2.75, 3.05) is 11.5 Å². The number of benzene rings is 4. The Morgan fingerprint density at radius 1 is 0.816 bits per heavy atom. The lowest BCUT2D eigenvalue weighted by molar-refractivity contribution is -0.384. The monoisotopic (exact) mass is 507 g/mol. The van der Waals surface area contributed by atoms with Gasteiger partial charge in [-0.3, -0.25) is 14.9 Å². The van der Waals surface area contributed by atoms with Crippen molar-refractivity contribution in [2.45, 2.75) is 32.6 Å². The third kappa shape index (κ3) is 5.22. The highest BCUT2D eigenvalue weighted by molar-refractivity contribution is 6.02. The van der Waals surface area contributed by atoms with Gasteiger partial charge in [-0.05, 0) is 41.3 Å². The molecule has 0 unspecified atom stereocenters. The van der Waals surface area contributed by atoms with E-state index in [0.29, 0.717) is 30.9 Å². The molecule has 5 rings (SSSR count). The number of non-ortho nitro benzene ring substituents is 1. The summed E-state index contributed by atoms with van der Waals surface area (Å²) >= 11 is 0. The number of ether oxygens (including phenoxy) is 1. The lowest BCUT2D eigenvalue weighted by Crippen LogP contribution is -2.48. The number of hydrogen-bond acceptors (Lipinski definition) is 5. The molecule has 0 aliphatic carbocycles.